The highest BCUT2D eigenvalue weighted by Gasteiger charge is 2.16. The van der Waals surface area contributed by atoms with E-state index >= 15 is 0 Å². The minimum absolute atomic E-state index is 0.230. The smallest absolute Gasteiger partial charge is 0.123 e. The molecule has 0 radical (unpaired) electrons. The van der Waals surface area contributed by atoms with Crippen LogP contribution in [0.5, 0.6) is 0 Å². The summed E-state index contributed by atoms with van der Waals surface area (Å²) in [5.74, 6) is 6.13. The lowest BCUT2D eigenvalue weighted by Crippen LogP contribution is -2.05. The van der Waals surface area contributed by atoms with Crippen molar-refractivity contribution >= 4 is 0 Å². The van der Waals surface area contributed by atoms with Gasteiger partial charge in [0.15, 0.2) is 0 Å². The Kier molecular flexibility index (Phi) is 6.11. The van der Waals surface area contributed by atoms with Crippen molar-refractivity contribution in [3.63, 3.8) is 0 Å². The molecule has 0 bridgehead atoms. The number of hydrogen-bond donors (Lipinski definition) is 0. The van der Waals surface area contributed by atoms with Gasteiger partial charge in [0, 0.05) is 11.1 Å². The fourth-order valence-corrected chi connectivity index (χ4v) is 4.12. The van der Waals surface area contributed by atoms with Crippen LogP contribution < -0.4 is 0 Å². The lowest BCUT2D eigenvalue weighted by molar-refractivity contribution is 0.627. The van der Waals surface area contributed by atoms with E-state index in [0.717, 1.165) is 24.0 Å². The van der Waals surface area contributed by atoms with Crippen molar-refractivity contribution in [1.82, 2.24) is 0 Å². The fraction of sp³-hybridized carbons (Fsp3) is 0.286. The highest BCUT2D eigenvalue weighted by molar-refractivity contribution is 5.74. The van der Waals surface area contributed by atoms with Gasteiger partial charge in [-0.15, -0.1) is 0 Å². The van der Waals surface area contributed by atoms with Crippen LogP contribution in [0.4, 0.5) is 4.39 Å². The first-order valence-corrected chi connectivity index (χ1v) is 10.8. The van der Waals surface area contributed by atoms with Gasteiger partial charge in [0.05, 0.1) is 0 Å². The third-order valence-corrected chi connectivity index (χ3v) is 5.74. The first kappa shape index (κ1) is 19.5. The zero-order valence-electron chi connectivity index (χ0n) is 17.1. The molecule has 0 amide bonds. The second-order valence-corrected chi connectivity index (χ2v) is 7.93. The van der Waals surface area contributed by atoms with Crippen molar-refractivity contribution in [2.45, 2.75) is 51.9 Å². The van der Waals surface area contributed by atoms with Crippen molar-refractivity contribution < 1.29 is 4.39 Å². The number of halogens is 1. The number of aryl methyl sites for hydroxylation is 3. The van der Waals surface area contributed by atoms with Gasteiger partial charge in [-0.1, -0.05) is 62.3 Å². The summed E-state index contributed by atoms with van der Waals surface area (Å²) in [6.45, 7) is 2.26. The average molecular weight is 383 g/mol. The predicted molar refractivity (Wildman–Crippen MR) is 120 cm³/mol. The van der Waals surface area contributed by atoms with Gasteiger partial charge >= 0.3 is 0 Å². The first-order valence-electron chi connectivity index (χ1n) is 10.8. The predicted octanol–water partition coefficient (Wildman–Crippen LogP) is 7.11. The first-order chi connectivity index (χ1) is 14.2. The molecule has 1 aliphatic carbocycles. The van der Waals surface area contributed by atoms with Crippen molar-refractivity contribution in [2.24, 2.45) is 0 Å². The SMILES string of the molecule is CCCCCCc1ccc2c(c1)CCc1cc(C#Cc3ccc(F)cc3)ccc1-2. The number of unbranched alkanes of at least 4 members (excludes halogenated alkanes) is 3. The van der Waals surface area contributed by atoms with E-state index < -0.39 is 0 Å². The average Bonchev–Trinajstić information content (AvgIpc) is 2.76. The van der Waals surface area contributed by atoms with Crippen LogP contribution in [0.2, 0.25) is 0 Å². The molecule has 3 aromatic rings. The van der Waals surface area contributed by atoms with Gasteiger partial charge in [0.2, 0.25) is 0 Å². The Labute approximate surface area is 173 Å². The maximum atomic E-state index is 13.0. The molecule has 3 aromatic carbocycles. The van der Waals surface area contributed by atoms with Gasteiger partial charge in [-0.25, -0.2) is 4.39 Å². The molecule has 0 aliphatic heterocycles. The van der Waals surface area contributed by atoms with Crippen LogP contribution in [0.1, 0.15) is 60.4 Å². The minimum Gasteiger partial charge on any atom is -0.207 e. The van der Waals surface area contributed by atoms with Crippen LogP contribution in [-0.4, -0.2) is 0 Å². The molecule has 0 N–H and O–H groups in total. The molecule has 4 rings (SSSR count). The monoisotopic (exact) mass is 382 g/mol. The van der Waals surface area contributed by atoms with E-state index in [0.29, 0.717) is 0 Å². The van der Waals surface area contributed by atoms with E-state index in [1.54, 1.807) is 12.1 Å². The molecule has 0 unspecified atom stereocenters. The van der Waals surface area contributed by atoms with Crippen molar-refractivity contribution in [1.29, 1.82) is 0 Å². The van der Waals surface area contributed by atoms with Gasteiger partial charge < -0.3 is 0 Å². The van der Waals surface area contributed by atoms with Gasteiger partial charge in [-0.3, -0.25) is 0 Å². The zero-order chi connectivity index (χ0) is 20.1. The van der Waals surface area contributed by atoms with E-state index in [4.69, 9.17) is 0 Å². The normalized spacial score (nSPS) is 11.9. The Hall–Kier alpha value is -2.85. The molecule has 0 saturated carbocycles. The third-order valence-electron chi connectivity index (χ3n) is 5.74. The van der Waals surface area contributed by atoms with E-state index in [9.17, 15) is 4.39 Å². The summed E-state index contributed by atoms with van der Waals surface area (Å²) >= 11 is 0. The molecule has 0 atom stereocenters. The van der Waals surface area contributed by atoms with Crippen molar-refractivity contribution in [2.75, 3.05) is 0 Å². The largest absolute Gasteiger partial charge is 0.207 e. The molecule has 0 saturated heterocycles. The summed E-state index contributed by atoms with van der Waals surface area (Å²) in [5, 5.41) is 0. The zero-order valence-corrected chi connectivity index (χ0v) is 17.1. The Morgan fingerprint density at radius 2 is 1.38 bits per heavy atom. The standard InChI is InChI=1S/C28H27F/c1-2-3-4-5-6-22-11-17-27-24(19-22)13-14-25-20-23(12-18-28(25)27)8-7-21-9-15-26(29)16-10-21/h9-12,15-20H,2-6,13-14H2,1H3. The lowest BCUT2D eigenvalue weighted by Gasteiger charge is -2.21. The molecular weight excluding hydrogens is 355 g/mol. The molecule has 0 nitrogen and oxygen atoms in total. The summed E-state index contributed by atoms with van der Waals surface area (Å²) in [4.78, 5) is 0. The molecule has 0 spiro atoms. The highest BCUT2D eigenvalue weighted by Crippen LogP contribution is 2.34. The summed E-state index contributed by atoms with van der Waals surface area (Å²) < 4.78 is 13.0. The number of rotatable bonds is 5. The molecule has 146 valence electrons. The number of fused-ring (bicyclic) bond motifs is 3. The number of hydrogen-bond acceptors (Lipinski definition) is 0. The second kappa shape index (κ2) is 9.10. The van der Waals surface area contributed by atoms with Gasteiger partial charge in [-0.2, -0.15) is 0 Å². The Balaban J connectivity index is 1.52. The van der Waals surface area contributed by atoms with E-state index in [-0.39, 0.29) is 5.82 Å². The Bertz CT molecular complexity index is 1050. The van der Waals surface area contributed by atoms with Crippen LogP contribution in [0.3, 0.4) is 0 Å². The highest BCUT2D eigenvalue weighted by atomic mass is 19.1. The van der Waals surface area contributed by atoms with Crippen LogP contribution in [0, 0.1) is 17.7 Å². The summed E-state index contributed by atoms with van der Waals surface area (Å²) in [7, 11) is 0. The van der Waals surface area contributed by atoms with Crippen molar-refractivity contribution in [3.05, 3.63) is 94.3 Å². The molecule has 0 fully saturated rings. The number of benzene rings is 3. The maximum absolute atomic E-state index is 13.0. The van der Waals surface area contributed by atoms with Gasteiger partial charge in [-0.05, 0) is 89.9 Å². The van der Waals surface area contributed by atoms with Crippen LogP contribution in [-0.2, 0) is 19.3 Å². The Morgan fingerprint density at radius 1 is 0.724 bits per heavy atom. The second-order valence-electron chi connectivity index (χ2n) is 7.93. The third kappa shape index (κ3) is 4.77. The fourth-order valence-electron chi connectivity index (χ4n) is 4.12. The topological polar surface area (TPSA) is 0 Å². The van der Waals surface area contributed by atoms with Crippen LogP contribution in [0.15, 0.2) is 60.7 Å². The van der Waals surface area contributed by atoms with Crippen molar-refractivity contribution in [3.8, 4) is 23.0 Å². The summed E-state index contributed by atoms with van der Waals surface area (Å²) in [5.41, 5.74) is 8.91. The van der Waals surface area contributed by atoms with Gasteiger partial charge in [0.1, 0.15) is 5.82 Å². The maximum Gasteiger partial charge on any atom is 0.123 e. The molecule has 29 heavy (non-hydrogen) atoms. The molecular formula is C28H27F. The lowest BCUT2D eigenvalue weighted by atomic mass is 9.83. The van der Waals surface area contributed by atoms with Crippen LogP contribution in [0.25, 0.3) is 11.1 Å². The molecule has 1 aliphatic rings. The molecule has 0 heterocycles. The minimum atomic E-state index is -0.230. The Morgan fingerprint density at radius 3 is 2.14 bits per heavy atom. The van der Waals surface area contributed by atoms with Gasteiger partial charge in [0.25, 0.3) is 0 Å². The summed E-state index contributed by atoms with van der Waals surface area (Å²) in [6, 6.07) is 19.9. The van der Waals surface area contributed by atoms with E-state index in [2.05, 4.69) is 55.2 Å². The molecule has 0 aromatic heterocycles. The quantitative estimate of drug-likeness (QED) is 0.326. The van der Waals surface area contributed by atoms with E-state index in [1.807, 2.05) is 0 Å². The molecule has 1 heteroatoms. The van der Waals surface area contributed by atoms with E-state index in [1.165, 1.54) is 72.1 Å². The summed E-state index contributed by atoms with van der Waals surface area (Å²) in [6.07, 6.45) is 8.60. The van der Waals surface area contributed by atoms with Crippen LogP contribution >= 0.6 is 0 Å².